The fourth-order valence-electron chi connectivity index (χ4n) is 4.99. The van der Waals surface area contributed by atoms with Gasteiger partial charge in [-0.2, -0.15) is 0 Å². The number of esters is 3. The Hall–Kier alpha value is -2.08. The van der Waals surface area contributed by atoms with Crippen LogP contribution in [-0.4, -0.2) is 89.4 Å². The molecule has 4 atom stereocenters. The van der Waals surface area contributed by atoms with E-state index in [1.54, 1.807) is 0 Å². The number of rotatable bonds is 28. The number of aliphatic hydroxyl groups excluding tert-OH is 3. The molecule has 0 aliphatic rings. The first-order chi connectivity index (χ1) is 21.7. The van der Waals surface area contributed by atoms with Crippen molar-refractivity contribution in [2.24, 2.45) is 17.8 Å². The molecule has 0 bridgehead atoms. The smallest absolute Gasteiger partial charge is 0.306 e. The van der Waals surface area contributed by atoms with Gasteiger partial charge in [0.05, 0.1) is 25.9 Å². The number of Topliss-reactive ketones (excluding diaryl/α,β-unsaturated/α-hetero) is 1. The van der Waals surface area contributed by atoms with Crippen molar-refractivity contribution >= 4 is 23.7 Å². The second-order valence-corrected chi connectivity index (χ2v) is 13.7. The maximum Gasteiger partial charge on any atom is 0.306 e. The summed E-state index contributed by atoms with van der Waals surface area (Å²) in [7, 11) is 0. The van der Waals surface area contributed by atoms with Crippen molar-refractivity contribution in [3.05, 3.63) is 0 Å². The van der Waals surface area contributed by atoms with Crippen LogP contribution in [0.25, 0.3) is 0 Å². The Labute approximate surface area is 277 Å². The van der Waals surface area contributed by atoms with Crippen LogP contribution in [0.5, 0.6) is 0 Å². The largest absolute Gasteiger partial charge is 0.462 e. The van der Waals surface area contributed by atoms with Gasteiger partial charge in [-0.1, -0.05) is 80.1 Å². The number of aliphatic hydroxyl groups is 3. The number of hydrogen-bond acceptors (Lipinski definition) is 11. The highest BCUT2D eigenvalue weighted by Gasteiger charge is 2.49. The van der Waals surface area contributed by atoms with Crippen molar-refractivity contribution < 1.29 is 53.4 Å². The third kappa shape index (κ3) is 20.2. The second kappa shape index (κ2) is 25.0. The molecule has 0 saturated carbocycles. The molecule has 0 aromatic carbocycles. The first kappa shape index (κ1) is 43.9. The molecule has 46 heavy (non-hydrogen) atoms. The van der Waals surface area contributed by atoms with Crippen LogP contribution in [-0.2, 0) is 38.1 Å². The molecule has 0 aromatic heterocycles. The van der Waals surface area contributed by atoms with Gasteiger partial charge in [0.25, 0.3) is 0 Å². The summed E-state index contributed by atoms with van der Waals surface area (Å²) in [5, 5.41) is 30.2. The van der Waals surface area contributed by atoms with Gasteiger partial charge in [0.15, 0.2) is 23.6 Å². The highest BCUT2D eigenvalue weighted by molar-refractivity contribution is 5.86. The lowest BCUT2D eigenvalue weighted by atomic mass is 9.86. The van der Waals surface area contributed by atoms with Crippen LogP contribution in [0.1, 0.15) is 132 Å². The summed E-state index contributed by atoms with van der Waals surface area (Å²) in [5.41, 5.74) is -2.08. The van der Waals surface area contributed by atoms with Crippen molar-refractivity contribution in [2.45, 2.75) is 156 Å². The first-order valence-corrected chi connectivity index (χ1v) is 17.3. The molecule has 0 rings (SSSR count). The minimum atomic E-state index is -2.08. The Morgan fingerprint density at radius 3 is 1.50 bits per heavy atom. The molecule has 11 heteroatoms. The molecule has 0 aliphatic heterocycles. The molecule has 0 fully saturated rings. The molecule has 270 valence electrons. The number of hydrogen-bond donors (Lipinski definition) is 3. The molecule has 0 aromatic rings. The molecule has 0 amide bonds. The Kier molecular flexibility index (Phi) is 23.9. The van der Waals surface area contributed by atoms with Gasteiger partial charge in [-0.25, -0.2) is 0 Å². The van der Waals surface area contributed by atoms with Crippen LogP contribution in [0.3, 0.4) is 0 Å². The Balaban J connectivity index is 5.84. The number of carbonyl (C=O) groups is 4. The topological polar surface area (TPSA) is 166 Å². The van der Waals surface area contributed by atoms with Crippen LogP contribution < -0.4 is 0 Å². The number of ketones is 1. The molecule has 4 unspecified atom stereocenters. The zero-order valence-corrected chi connectivity index (χ0v) is 29.6. The van der Waals surface area contributed by atoms with Gasteiger partial charge in [0.2, 0.25) is 0 Å². The summed E-state index contributed by atoms with van der Waals surface area (Å²) in [6, 6.07) is 0. The first-order valence-electron chi connectivity index (χ1n) is 17.3. The fraction of sp³-hybridized carbons (Fsp3) is 0.886. The molecule has 0 aliphatic carbocycles. The van der Waals surface area contributed by atoms with Crippen LogP contribution in [0.2, 0.25) is 0 Å². The number of carbonyl (C=O) groups excluding carboxylic acids is 4. The van der Waals surface area contributed by atoms with Gasteiger partial charge in [-0.05, 0) is 43.9 Å². The minimum absolute atomic E-state index is 0.0594. The lowest BCUT2D eigenvalue weighted by molar-refractivity contribution is -0.202. The van der Waals surface area contributed by atoms with E-state index in [9.17, 15) is 34.5 Å². The molecule has 11 nitrogen and oxygen atoms in total. The SMILES string of the molecule is CC(=O)C(CC(O)CO)(OCC(COC(=O)CCCCC(C)C)OC(=O)CCCCC(C)C)C(CO)OC(=O)CCCCC(C)C. The molecule has 3 N–H and O–H groups in total. The highest BCUT2D eigenvalue weighted by atomic mass is 16.6. The summed E-state index contributed by atoms with van der Waals surface area (Å²) < 4.78 is 22.6. The number of unbranched alkanes of at least 4 members (excludes halogenated alkanes) is 3. The van der Waals surface area contributed by atoms with Crippen LogP contribution in [0, 0.1) is 17.8 Å². The van der Waals surface area contributed by atoms with Crippen molar-refractivity contribution in [1.82, 2.24) is 0 Å². The zero-order chi connectivity index (χ0) is 35.1. The average molecular weight is 661 g/mol. The van der Waals surface area contributed by atoms with Crippen molar-refractivity contribution in [3.63, 3.8) is 0 Å². The van der Waals surface area contributed by atoms with Gasteiger partial charge in [0, 0.05) is 25.7 Å². The summed E-state index contributed by atoms with van der Waals surface area (Å²) >= 11 is 0. The lowest BCUT2D eigenvalue weighted by Crippen LogP contribution is -2.57. The van der Waals surface area contributed by atoms with E-state index < -0.39 is 73.8 Å². The Morgan fingerprint density at radius 2 is 1.09 bits per heavy atom. The van der Waals surface area contributed by atoms with E-state index in [2.05, 4.69) is 41.5 Å². The highest BCUT2D eigenvalue weighted by Crippen LogP contribution is 2.29. The quantitative estimate of drug-likeness (QED) is 0.0582. The van der Waals surface area contributed by atoms with Gasteiger partial charge in [0.1, 0.15) is 6.61 Å². The normalized spacial score (nSPS) is 15.0. The second-order valence-electron chi connectivity index (χ2n) is 13.7. The predicted molar refractivity (Wildman–Crippen MR) is 175 cm³/mol. The van der Waals surface area contributed by atoms with Crippen LogP contribution in [0.4, 0.5) is 0 Å². The standard InChI is InChI=1S/C35H64O11/c1-25(2)14-8-11-17-32(40)43-23-30(45-33(41)18-12-9-15-26(3)4)24-44-35(28(7)38,20-29(39)21-36)31(22-37)46-34(42)19-13-10-16-27(5)6/h25-27,29-31,36-37,39H,8-24H2,1-7H3. The molecule has 0 radical (unpaired) electrons. The fourth-order valence-corrected chi connectivity index (χ4v) is 4.99. The van der Waals surface area contributed by atoms with Gasteiger partial charge in [-0.15, -0.1) is 0 Å². The monoisotopic (exact) mass is 660 g/mol. The summed E-state index contributed by atoms with van der Waals surface area (Å²) in [6.45, 7) is 11.4. The van der Waals surface area contributed by atoms with Crippen molar-refractivity contribution in [2.75, 3.05) is 26.4 Å². The van der Waals surface area contributed by atoms with E-state index in [1.165, 1.54) is 0 Å². The lowest BCUT2D eigenvalue weighted by Gasteiger charge is -2.39. The van der Waals surface area contributed by atoms with Gasteiger partial charge in [-0.3, -0.25) is 19.2 Å². The third-order valence-electron chi connectivity index (χ3n) is 7.80. The van der Waals surface area contributed by atoms with E-state index in [1.807, 2.05) is 0 Å². The summed E-state index contributed by atoms with van der Waals surface area (Å²) in [6.07, 6.45) is 3.02. The zero-order valence-electron chi connectivity index (χ0n) is 29.6. The maximum atomic E-state index is 13.1. The Bertz CT molecular complexity index is 857. The van der Waals surface area contributed by atoms with Crippen molar-refractivity contribution in [1.29, 1.82) is 0 Å². The molecule has 0 spiro atoms. The summed E-state index contributed by atoms with van der Waals surface area (Å²) in [5.74, 6) is -0.810. The third-order valence-corrected chi connectivity index (χ3v) is 7.80. The van der Waals surface area contributed by atoms with Gasteiger partial charge >= 0.3 is 17.9 Å². The van der Waals surface area contributed by atoms with E-state index >= 15 is 0 Å². The molecular formula is C35H64O11. The van der Waals surface area contributed by atoms with Crippen LogP contribution >= 0.6 is 0 Å². The van der Waals surface area contributed by atoms with E-state index in [-0.39, 0.29) is 25.9 Å². The molecular weight excluding hydrogens is 596 g/mol. The molecule has 0 saturated heterocycles. The minimum Gasteiger partial charge on any atom is -0.462 e. The Morgan fingerprint density at radius 1 is 0.630 bits per heavy atom. The maximum absolute atomic E-state index is 13.1. The van der Waals surface area contributed by atoms with Crippen LogP contribution in [0.15, 0.2) is 0 Å². The number of ether oxygens (including phenoxy) is 4. The van der Waals surface area contributed by atoms with E-state index in [0.717, 1.165) is 45.4 Å². The van der Waals surface area contributed by atoms with Crippen molar-refractivity contribution in [3.8, 4) is 0 Å². The van der Waals surface area contributed by atoms with E-state index in [4.69, 9.17) is 18.9 Å². The van der Waals surface area contributed by atoms with E-state index in [0.29, 0.717) is 37.0 Å². The van der Waals surface area contributed by atoms with Gasteiger partial charge < -0.3 is 34.3 Å². The molecule has 0 heterocycles. The summed E-state index contributed by atoms with van der Waals surface area (Å²) in [4.78, 5) is 51.1. The predicted octanol–water partition coefficient (Wildman–Crippen LogP) is 5.08. The average Bonchev–Trinajstić information content (AvgIpc) is 2.98.